The maximum Gasteiger partial charge on any atom is 0.306 e. The van der Waals surface area contributed by atoms with Crippen LogP contribution in [0.25, 0.3) is 0 Å². The van der Waals surface area contributed by atoms with Gasteiger partial charge < -0.3 is 14.6 Å². The minimum absolute atomic E-state index is 0.0660. The fraction of sp³-hybridized carbons (Fsp3) is 0.740. The van der Waals surface area contributed by atoms with E-state index in [1.54, 1.807) is 0 Å². The van der Waals surface area contributed by atoms with Crippen LogP contribution < -0.4 is 0 Å². The Bertz CT molecular complexity index is 1570. The average Bonchev–Trinajstić information content (AvgIpc) is 3.49. The van der Waals surface area contributed by atoms with Gasteiger partial charge in [0.05, 0.1) is 6.61 Å². The van der Waals surface area contributed by atoms with Gasteiger partial charge in [0.15, 0.2) is 6.10 Å². The highest BCUT2D eigenvalue weighted by Crippen LogP contribution is 2.18. The second-order valence-corrected chi connectivity index (χ2v) is 23.6. The first-order valence-electron chi connectivity index (χ1n) is 35.4. The average molecular weight is 1140 g/mol. The van der Waals surface area contributed by atoms with Crippen LogP contribution in [0, 0.1) is 0 Å². The van der Waals surface area contributed by atoms with Gasteiger partial charge in [-0.3, -0.25) is 9.59 Å². The predicted molar refractivity (Wildman–Crippen MR) is 362 cm³/mol. The van der Waals surface area contributed by atoms with Gasteiger partial charge in [-0.25, -0.2) is 0 Å². The molecule has 0 bridgehead atoms. The van der Waals surface area contributed by atoms with E-state index in [-0.39, 0.29) is 25.2 Å². The smallest absolute Gasteiger partial charge is 0.306 e. The van der Waals surface area contributed by atoms with E-state index >= 15 is 0 Å². The predicted octanol–water partition coefficient (Wildman–Crippen LogP) is 24.8. The number of aliphatic hydroxyl groups is 1. The molecule has 0 aromatic heterocycles. The number of rotatable bonds is 65. The number of carbonyl (C=O) groups is 2. The molecule has 0 amide bonds. The fourth-order valence-electron chi connectivity index (χ4n) is 10.3. The molecule has 1 N–H and O–H groups in total. The Hall–Kier alpha value is -3.44. The lowest BCUT2D eigenvalue weighted by Crippen LogP contribution is -2.28. The first-order chi connectivity index (χ1) is 40.6. The van der Waals surface area contributed by atoms with Crippen molar-refractivity contribution in [3.8, 4) is 0 Å². The molecule has 1 unspecified atom stereocenters. The number of allylic oxidation sites excluding steroid dienone is 18. The van der Waals surface area contributed by atoms with Crippen molar-refractivity contribution >= 4 is 11.9 Å². The quantitative estimate of drug-likeness (QED) is 0.0373. The van der Waals surface area contributed by atoms with Crippen molar-refractivity contribution in [2.75, 3.05) is 13.2 Å². The summed E-state index contributed by atoms with van der Waals surface area (Å²) in [5.41, 5.74) is 0. The number of hydrogen-bond donors (Lipinski definition) is 1. The van der Waals surface area contributed by atoms with Crippen LogP contribution in [0.15, 0.2) is 109 Å². The van der Waals surface area contributed by atoms with Crippen molar-refractivity contribution in [2.45, 2.75) is 354 Å². The van der Waals surface area contributed by atoms with E-state index in [4.69, 9.17) is 9.47 Å². The third-order valence-corrected chi connectivity index (χ3v) is 15.6. The molecule has 1 atom stereocenters. The molecule has 472 valence electrons. The van der Waals surface area contributed by atoms with Crippen molar-refractivity contribution < 1.29 is 24.2 Å². The maximum atomic E-state index is 12.4. The molecule has 0 aliphatic carbocycles. The van der Waals surface area contributed by atoms with Crippen LogP contribution in [0.4, 0.5) is 0 Å². The van der Waals surface area contributed by atoms with Crippen LogP contribution >= 0.6 is 0 Å². The minimum atomic E-state index is -0.777. The van der Waals surface area contributed by atoms with E-state index in [2.05, 4.69) is 123 Å². The van der Waals surface area contributed by atoms with E-state index in [1.165, 1.54) is 231 Å². The monoisotopic (exact) mass is 1140 g/mol. The molecule has 0 heterocycles. The summed E-state index contributed by atoms with van der Waals surface area (Å²) in [6.45, 7) is 4.05. The van der Waals surface area contributed by atoms with Crippen LogP contribution in [-0.2, 0) is 19.1 Å². The van der Waals surface area contributed by atoms with E-state index in [0.29, 0.717) is 12.8 Å². The van der Waals surface area contributed by atoms with Gasteiger partial charge in [0.25, 0.3) is 0 Å². The molecule has 0 saturated heterocycles. The number of esters is 2. The van der Waals surface area contributed by atoms with Crippen LogP contribution in [0.3, 0.4) is 0 Å². The van der Waals surface area contributed by atoms with Crippen LogP contribution in [0.1, 0.15) is 348 Å². The van der Waals surface area contributed by atoms with Gasteiger partial charge in [-0.15, -0.1) is 0 Å². The van der Waals surface area contributed by atoms with Crippen molar-refractivity contribution in [3.05, 3.63) is 109 Å². The summed E-state index contributed by atoms with van der Waals surface area (Å²) in [7, 11) is 0. The second kappa shape index (κ2) is 71.8. The molecule has 0 rings (SSSR count). The fourth-order valence-corrected chi connectivity index (χ4v) is 10.3. The normalized spacial score (nSPS) is 12.9. The molecule has 0 aromatic rings. The minimum Gasteiger partial charge on any atom is -0.462 e. The number of carbonyl (C=O) groups excluding carboxylic acids is 2. The molecule has 0 fully saturated rings. The molecular formula is C77H134O5. The molecule has 0 radical (unpaired) electrons. The highest BCUT2D eigenvalue weighted by molar-refractivity contribution is 5.70. The van der Waals surface area contributed by atoms with Gasteiger partial charge in [0, 0.05) is 12.8 Å². The number of ether oxygens (including phenoxy) is 2. The van der Waals surface area contributed by atoms with Gasteiger partial charge in [-0.2, -0.15) is 0 Å². The summed E-state index contributed by atoms with van der Waals surface area (Å²) in [4.78, 5) is 24.7. The summed E-state index contributed by atoms with van der Waals surface area (Å²) >= 11 is 0. The lowest BCUT2D eigenvalue weighted by atomic mass is 10.0. The standard InChI is InChI=1S/C77H134O5/c1-3-5-7-9-11-13-15-17-19-21-23-25-27-29-31-33-34-35-36-37-38-39-40-41-42-44-46-48-50-52-54-56-58-60-62-64-66-68-70-72-77(80)82-75(73-78)74-81-76(79)71-69-67-65-63-61-59-57-55-53-51-49-47-45-43-32-30-28-26-24-22-20-18-16-14-12-10-8-6-4-2/h5,7,11,13,16-19,22-25,28-31,34-35,75,78H,3-4,6,8-10,12,14-15,20-21,26-27,32-33,36-74H2,1-2H3/b7-5-,13-11-,18-16-,19-17-,24-22-,25-23-,30-28-,31-29-,35-34-. The number of hydrogen-bond acceptors (Lipinski definition) is 5. The Balaban J connectivity index is 3.44. The summed E-state index contributed by atoms with van der Waals surface area (Å²) in [5, 5.41) is 9.71. The van der Waals surface area contributed by atoms with Gasteiger partial charge in [0.2, 0.25) is 0 Å². The highest BCUT2D eigenvalue weighted by Gasteiger charge is 2.16. The first-order valence-corrected chi connectivity index (χ1v) is 35.4. The molecule has 0 spiro atoms. The summed E-state index contributed by atoms with van der Waals surface area (Å²) in [6.07, 6.45) is 104. The number of unbranched alkanes of at least 4 members (excludes halogenated alkanes) is 39. The Kier molecular flexibility index (Phi) is 68.8. The van der Waals surface area contributed by atoms with E-state index in [9.17, 15) is 14.7 Å². The Morgan fingerprint density at radius 1 is 0.293 bits per heavy atom. The summed E-state index contributed by atoms with van der Waals surface area (Å²) in [5.74, 6) is -0.579. The Labute approximate surface area is 510 Å². The third kappa shape index (κ3) is 69.1. The van der Waals surface area contributed by atoms with E-state index < -0.39 is 6.10 Å². The molecule has 5 heteroatoms. The molecule has 0 aliphatic rings. The van der Waals surface area contributed by atoms with Gasteiger partial charge >= 0.3 is 11.9 Å². The lowest BCUT2D eigenvalue weighted by Gasteiger charge is -2.15. The van der Waals surface area contributed by atoms with Crippen LogP contribution in [0.5, 0.6) is 0 Å². The lowest BCUT2D eigenvalue weighted by molar-refractivity contribution is -0.161. The molecule has 0 aliphatic heterocycles. The zero-order valence-corrected chi connectivity index (χ0v) is 54.2. The zero-order valence-electron chi connectivity index (χ0n) is 54.2. The third-order valence-electron chi connectivity index (χ3n) is 15.6. The second-order valence-electron chi connectivity index (χ2n) is 23.6. The van der Waals surface area contributed by atoms with Gasteiger partial charge in [-0.05, 0) is 103 Å². The number of aliphatic hydroxyl groups excluding tert-OH is 1. The SMILES string of the molecule is CC/C=C\C/C=C\C/C=C\C/C=C\C/C=C\C/C=C\CCCCCCCCCCCCCCCCCCCCCCC(=O)OC(CO)COC(=O)CCCCCCCCCCCCCCCC/C=C\C/C=C\C/C=C\CCCCCCC. The maximum absolute atomic E-state index is 12.4. The van der Waals surface area contributed by atoms with Crippen molar-refractivity contribution in [2.24, 2.45) is 0 Å². The van der Waals surface area contributed by atoms with Crippen LogP contribution in [0.2, 0.25) is 0 Å². The van der Waals surface area contributed by atoms with Gasteiger partial charge in [-0.1, -0.05) is 342 Å². The molecule has 0 aromatic carbocycles. The Morgan fingerprint density at radius 3 is 0.793 bits per heavy atom. The van der Waals surface area contributed by atoms with E-state index in [1.807, 2.05) is 0 Å². The Morgan fingerprint density at radius 2 is 0.524 bits per heavy atom. The molecule has 0 saturated carbocycles. The topological polar surface area (TPSA) is 72.8 Å². The summed E-state index contributed by atoms with van der Waals surface area (Å²) < 4.78 is 10.8. The molecule has 5 nitrogen and oxygen atoms in total. The largest absolute Gasteiger partial charge is 0.462 e. The summed E-state index contributed by atoms with van der Waals surface area (Å²) in [6, 6.07) is 0. The van der Waals surface area contributed by atoms with Crippen LogP contribution in [-0.4, -0.2) is 36.4 Å². The van der Waals surface area contributed by atoms with Crippen molar-refractivity contribution in [3.63, 3.8) is 0 Å². The zero-order chi connectivity index (χ0) is 59.1. The van der Waals surface area contributed by atoms with Crippen molar-refractivity contribution in [1.82, 2.24) is 0 Å². The van der Waals surface area contributed by atoms with Gasteiger partial charge in [0.1, 0.15) is 6.61 Å². The highest BCUT2D eigenvalue weighted by atomic mass is 16.6. The molecule has 82 heavy (non-hydrogen) atoms. The van der Waals surface area contributed by atoms with Crippen molar-refractivity contribution in [1.29, 1.82) is 0 Å². The molecular weight excluding hydrogens is 1000 g/mol. The first kappa shape index (κ1) is 78.6. The van der Waals surface area contributed by atoms with E-state index in [0.717, 1.165) is 89.9 Å².